The van der Waals surface area contributed by atoms with E-state index in [0.717, 1.165) is 44.1 Å². The monoisotopic (exact) mass is 298 g/mol. The van der Waals surface area contributed by atoms with Gasteiger partial charge in [-0.15, -0.1) is 10.2 Å². The molecule has 22 heavy (non-hydrogen) atoms. The van der Waals surface area contributed by atoms with Gasteiger partial charge in [-0.3, -0.25) is 19.1 Å². The predicted octanol–water partition coefficient (Wildman–Crippen LogP) is 0.318. The van der Waals surface area contributed by atoms with Crippen molar-refractivity contribution in [1.82, 2.24) is 29.4 Å². The van der Waals surface area contributed by atoms with Gasteiger partial charge in [-0.25, -0.2) is 0 Å². The van der Waals surface area contributed by atoms with Crippen LogP contribution in [0.2, 0.25) is 0 Å². The van der Waals surface area contributed by atoms with E-state index in [0.29, 0.717) is 11.2 Å². The van der Waals surface area contributed by atoms with Gasteiger partial charge in [0.2, 0.25) is 5.78 Å². The molecule has 7 nitrogen and oxygen atoms in total. The number of nitrogens with zero attached hydrogens (tertiary/aromatic N) is 5. The van der Waals surface area contributed by atoms with Crippen molar-refractivity contribution < 1.29 is 0 Å². The highest BCUT2D eigenvalue weighted by Crippen LogP contribution is 2.14. The highest BCUT2D eigenvalue weighted by atomic mass is 16.1. The molecule has 2 aromatic heterocycles. The smallest absolute Gasteiger partial charge is 0.260 e. The number of likely N-dealkylation sites (N-methyl/N-ethyl adjacent to an activating group) is 1. The number of aromatic nitrogens is 4. The number of aromatic amines is 1. The molecule has 0 unspecified atom stereocenters. The summed E-state index contributed by atoms with van der Waals surface area (Å²) in [6.45, 7) is 4.91. The fourth-order valence-electron chi connectivity index (χ4n) is 2.99. The fourth-order valence-corrected chi connectivity index (χ4v) is 2.99. The summed E-state index contributed by atoms with van der Waals surface area (Å²) in [4.78, 5) is 19.6. The van der Waals surface area contributed by atoms with Crippen molar-refractivity contribution in [3.63, 3.8) is 0 Å². The van der Waals surface area contributed by atoms with Crippen molar-refractivity contribution in [3.05, 3.63) is 40.4 Å². The average molecular weight is 298 g/mol. The van der Waals surface area contributed by atoms with Crippen LogP contribution >= 0.6 is 0 Å². The second-order valence-electron chi connectivity index (χ2n) is 5.83. The maximum atomic E-state index is 12.1. The second kappa shape index (κ2) is 5.19. The van der Waals surface area contributed by atoms with Crippen LogP contribution in [-0.2, 0) is 6.54 Å². The van der Waals surface area contributed by atoms with E-state index in [-0.39, 0.29) is 5.56 Å². The van der Waals surface area contributed by atoms with Gasteiger partial charge >= 0.3 is 0 Å². The quantitative estimate of drug-likeness (QED) is 0.738. The summed E-state index contributed by atoms with van der Waals surface area (Å²) >= 11 is 0. The molecule has 3 aromatic rings. The molecule has 1 fully saturated rings. The number of para-hydroxylation sites is 1. The molecule has 0 aliphatic carbocycles. The SMILES string of the molecule is CN1CCN(Cc2nnc3[nH]c(=O)c4ccccc4n23)CC1. The Labute approximate surface area is 127 Å². The number of H-pyrrole nitrogens is 1. The molecule has 3 heterocycles. The van der Waals surface area contributed by atoms with E-state index in [1.807, 2.05) is 28.7 Å². The van der Waals surface area contributed by atoms with Crippen molar-refractivity contribution in [3.8, 4) is 0 Å². The lowest BCUT2D eigenvalue weighted by atomic mass is 10.2. The summed E-state index contributed by atoms with van der Waals surface area (Å²) in [6, 6.07) is 7.57. The maximum absolute atomic E-state index is 12.1. The Hall–Kier alpha value is -2.25. The Kier molecular flexibility index (Phi) is 3.16. The number of benzene rings is 1. The Balaban J connectivity index is 1.79. The standard InChI is InChI=1S/C15H18N6O/c1-19-6-8-20(9-7-19)10-13-17-18-15-16-14(22)11-4-2-3-5-12(11)21(13)15/h2-5H,6-10H2,1H3,(H,16,18,22). The van der Waals surface area contributed by atoms with E-state index in [1.165, 1.54) is 0 Å². The summed E-state index contributed by atoms with van der Waals surface area (Å²) < 4.78 is 1.95. The van der Waals surface area contributed by atoms with Crippen LogP contribution < -0.4 is 5.56 Å². The molecule has 1 aliphatic rings. The highest BCUT2D eigenvalue weighted by Gasteiger charge is 2.18. The van der Waals surface area contributed by atoms with Crippen molar-refractivity contribution in [2.75, 3.05) is 33.2 Å². The normalized spacial score (nSPS) is 17.5. The molecule has 0 radical (unpaired) electrons. The van der Waals surface area contributed by atoms with Crippen LogP contribution in [0, 0.1) is 0 Å². The zero-order chi connectivity index (χ0) is 15.1. The Morgan fingerprint density at radius 3 is 2.73 bits per heavy atom. The van der Waals surface area contributed by atoms with Crippen molar-refractivity contribution in [2.24, 2.45) is 0 Å². The summed E-state index contributed by atoms with van der Waals surface area (Å²) in [5.41, 5.74) is 0.733. The van der Waals surface area contributed by atoms with E-state index < -0.39 is 0 Å². The first-order valence-corrected chi connectivity index (χ1v) is 7.48. The van der Waals surface area contributed by atoms with Crippen LogP contribution in [-0.4, -0.2) is 62.6 Å². The van der Waals surface area contributed by atoms with Gasteiger partial charge in [0, 0.05) is 26.2 Å². The first kappa shape index (κ1) is 13.4. The lowest BCUT2D eigenvalue weighted by molar-refractivity contribution is 0.145. The van der Waals surface area contributed by atoms with Crippen LogP contribution in [0.3, 0.4) is 0 Å². The van der Waals surface area contributed by atoms with E-state index in [2.05, 4.69) is 32.0 Å². The van der Waals surface area contributed by atoms with E-state index in [9.17, 15) is 4.79 Å². The molecule has 1 aliphatic heterocycles. The number of rotatable bonds is 2. The predicted molar refractivity (Wildman–Crippen MR) is 83.9 cm³/mol. The third-order valence-electron chi connectivity index (χ3n) is 4.31. The van der Waals surface area contributed by atoms with Crippen molar-refractivity contribution >= 4 is 16.7 Å². The van der Waals surface area contributed by atoms with E-state index in [4.69, 9.17) is 0 Å². The van der Waals surface area contributed by atoms with Crippen LogP contribution in [0.5, 0.6) is 0 Å². The average Bonchev–Trinajstić information content (AvgIpc) is 2.93. The molecular formula is C15H18N6O. The summed E-state index contributed by atoms with van der Waals surface area (Å²) in [5, 5.41) is 9.08. The summed E-state index contributed by atoms with van der Waals surface area (Å²) in [7, 11) is 2.14. The molecule has 1 aromatic carbocycles. The van der Waals surface area contributed by atoms with Crippen LogP contribution in [0.15, 0.2) is 29.1 Å². The Bertz CT molecular complexity index is 874. The zero-order valence-electron chi connectivity index (χ0n) is 12.5. The molecule has 0 spiro atoms. The van der Waals surface area contributed by atoms with Gasteiger partial charge in [-0.2, -0.15) is 0 Å². The first-order chi connectivity index (χ1) is 10.7. The van der Waals surface area contributed by atoms with Crippen molar-refractivity contribution in [1.29, 1.82) is 0 Å². The fraction of sp³-hybridized carbons (Fsp3) is 0.400. The van der Waals surface area contributed by atoms with Gasteiger partial charge < -0.3 is 4.90 Å². The first-order valence-electron chi connectivity index (χ1n) is 7.48. The molecular weight excluding hydrogens is 280 g/mol. The van der Waals surface area contributed by atoms with Gasteiger partial charge in [0.05, 0.1) is 17.4 Å². The lowest BCUT2D eigenvalue weighted by Gasteiger charge is -2.31. The minimum atomic E-state index is -0.123. The van der Waals surface area contributed by atoms with Crippen LogP contribution in [0.4, 0.5) is 0 Å². The van der Waals surface area contributed by atoms with Crippen molar-refractivity contribution in [2.45, 2.75) is 6.54 Å². The Morgan fingerprint density at radius 2 is 1.91 bits per heavy atom. The second-order valence-corrected chi connectivity index (χ2v) is 5.83. The van der Waals surface area contributed by atoms with E-state index >= 15 is 0 Å². The van der Waals surface area contributed by atoms with Crippen LogP contribution in [0.1, 0.15) is 5.82 Å². The summed E-state index contributed by atoms with van der Waals surface area (Å²) in [5.74, 6) is 1.37. The topological polar surface area (TPSA) is 69.5 Å². The number of fused-ring (bicyclic) bond motifs is 3. The number of piperazine rings is 1. The maximum Gasteiger partial charge on any atom is 0.260 e. The lowest BCUT2D eigenvalue weighted by Crippen LogP contribution is -2.44. The molecule has 0 saturated carbocycles. The number of hydrogen-bond donors (Lipinski definition) is 1. The molecule has 1 saturated heterocycles. The van der Waals surface area contributed by atoms with E-state index in [1.54, 1.807) is 0 Å². The molecule has 0 atom stereocenters. The number of nitrogens with one attached hydrogen (secondary N) is 1. The molecule has 7 heteroatoms. The van der Waals surface area contributed by atoms with Gasteiger partial charge in [0.1, 0.15) is 0 Å². The third-order valence-corrected chi connectivity index (χ3v) is 4.31. The minimum absolute atomic E-state index is 0.123. The zero-order valence-corrected chi connectivity index (χ0v) is 12.5. The Morgan fingerprint density at radius 1 is 1.14 bits per heavy atom. The van der Waals surface area contributed by atoms with Gasteiger partial charge in [-0.05, 0) is 19.2 Å². The molecule has 1 N–H and O–H groups in total. The number of hydrogen-bond acceptors (Lipinski definition) is 5. The largest absolute Gasteiger partial charge is 0.304 e. The van der Waals surface area contributed by atoms with Gasteiger partial charge in [-0.1, -0.05) is 12.1 Å². The van der Waals surface area contributed by atoms with Gasteiger partial charge in [0.15, 0.2) is 5.82 Å². The molecule has 0 amide bonds. The highest BCUT2D eigenvalue weighted by molar-refractivity contribution is 5.79. The molecule has 4 rings (SSSR count). The van der Waals surface area contributed by atoms with Crippen LogP contribution in [0.25, 0.3) is 16.7 Å². The minimum Gasteiger partial charge on any atom is -0.304 e. The third kappa shape index (κ3) is 2.18. The molecule has 0 bridgehead atoms. The summed E-state index contributed by atoms with van der Waals surface area (Å²) in [6.07, 6.45) is 0. The molecule has 114 valence electrons. The van der Waals surface area contributed by atoms with Gasteiger partial charge in [0.25, 0.3) is 5.56 Å².